The highest BCUT2D eigenvalue weighted by molar-refractivity contribution is 8.26. The summed E-state index contributed by atoms with van der Waals surface area (Å²) < 4.78 is 4.11. The Hall–Kier alpha value is -2.47. The van der Waals surface area contributed by atoms with Crippen molar-refractivity contribution in [2.75, 3.05) is 0 Å². The van der Waals surface area contributed by atoms with Crippen LogP contribution in [0, 0.1) is 5.41 Å². The number of fused-ring (bicyclic) bond motifs is 2. The Morgan fingerprint density at radius 1 is 1.00 bits per heavy atom. The van der Waals surface area contributed by atoms with Crippen LogP contribution in [0.15, 0.2) is 58.8 Å². The van der Waals surface area contributed by atoms with Crippen LogP contribution < -0.4 is 28.5 Å². The molecule has 0 aliphatic carbocycles. The minimum absolute atomic E-state index is 0. The van der Waals surface area contributed by atoms with Gasteiger partial charge in [-0.3, -0.25) is 4.98 Å². The first-order chi connectivity index (χ1) is 16.5. The predicted molar refractivity (Wildman–Crippen MR) is 139 cm³/mol. The van der Waals surface area contributed by atoms with Gasteiger partial charge in [-0.1, -0.05) is 75.5 Å². The lowest BCUT2D eigenvalue weighted by atomic mass is 9.95. The van der Waals surface area contributed by atoms with Gasteiger partial charge in [-0.25, -0.2) is 4.57 Å². The number of aliphatic imine (C=N–C) groups is 1. The molecule has 1 N–H and O–H groups in total. The quantitative estimate of drug-likeness (QED) is 0.357. The molecule has 4 heterocycles. The molecular weight excluding hydrogens is 585 g/mol. The summed E-state index contributed by atoms with van der Waals surface area (Å²) in [5.74, 6) is 1.89. The summed E-state index contributed by atoms with van der Waals surface area (Å²) >= 11 is 1.59. The van der Waals surface area contributed by atoms with Crippen molar-refractivity contribution in [1.82, 2.24) is 19.8 Å². The van der Waals surface area contributed by atoms with Gasteiger partial charge in [-0.05, 0) is 35.1 Å². The van der Waals surface area contributed by atoms with Gasteiger partial charge in [0.1, 0.15) is 10.8 Å². The third kappa shape index (κ3) is 4.89. The van der Waals surface area contributed by atoms with Crippen molar-refractivity contribution in [2.24, 2.45) is 15.5 Å². The van der Waals surface area contributed by atoms with Crippen LogP contribution in [0.3, 0.4) is 0 Å². The molecule has 0 fully saturated rings. The smallest absolute Gasteiger partial charge is 0.387 e. The number of amidine groups is 1. The van der Waals surface area contributed by atoms with Crippen LogP contribution in [0.25, 0.3) is 0 Å². The number of benzene rings is 1. The summed E-state index contributed by atoms with van der Waals surface area (Å²) in [5.41, 5.74) is 1.42. The van der Waals surface area contributed by atoms with Crippen molar-refractivity contribution in [1.29, 1.82) is 0 Å². The van der Waals surface area contributed by atoms with Crippen molar-refractivity contribution >= 4 is 27.9 Å². The van der Waals surface area contributed by atoms with E-state index in [1.54, 1.807) is 17.8 Å². The molecular formula is C26H32IN7OS. The second kappa shape index (κ2) is 9.77. The van der Waals surface area contributed by atoms with Gasteiger partial charge in [0.15, 0.2) is 0 Å². The lowest BCUT2D eigenvalue weighted by molar-refractivity contribution is -0.695. The summed E-state index contributed by atoms with van der Waals surface area (Å²) in [4.78, 5) is 9.58. The number of hydrazone groups is 1. The van der Waals surface area contributed by atoms with E-state index in [1.165, 1.54) is 0 Å². The molecule has 1 aromatic carbocycles. The largest absolute Gasteiger partial charge is 1.00 e. The van der Waals surface area contributed by atoms with E-state index in [1.807, 2.05) is 52.3 Å². The fraction of sp³-hybridized carbons (Fsp3) is 0.423. The van der Waals surface area contributed by atoms with Crippen molar-refractivity contribution in [2.45, 2.75) is 66.1 Å². The van der Waals surface area contributed by atoms with Crippen molar-refractivity contribution in [3.8, 4) is 5.75 Å². The van der Waals surface area contributed by atoms with Crippen LogP contribution >= 0.6 is 11.8 Å². The molecule has 2 aliphatic heterocycles. The molecule has 2 aromatic heterocycles. The van der Waals surface area contributed by atoms with E-state index in [9.17, 15) is 5.11 Å². The first kappa shape index (κ1) is 26.6. The Morgan fingerprint density at radius 2 is 1.72 bits per heavy atom. The number of nitrogens with zero attached hydrogens (tertiary/aromatic N) is 7. The fourth-order valence-electron chi connectivity index (χ4n) is 4.22. The van der Waals surface area contributed by atoms with Crippen LogP contribution in [0.1, 0.15) is 64.8 Å². The number of hydrogen-bond donors (Lipinski definition) is 1. The average Bonchev–Trinajstić information content (AvgIpc) is 3.39. The Balaban J connectivity index is 0.00000304. The fourth-order valence-corrected chi connectivity index (χ4v) is 5.19. The molecule has 0 amide bonds. The topological polar surface area (TPSA) is 82.8 Å². The van der Waals surface area contributed by atoms with Gasteiger partial charge in [0.2, 0.25) is 12.0 Å². The summed E-state index contributed by atoms with van der Waals surface area (Å²) in [7, 11) is 0. The Morgan fingerprint density at radius 3 is 2.36 bits per heavy atom. The SMILES string of the molecule is CC(C)(C)C1=NN2C(=Nc3n(nc(C(C)(C)C)[n+]3CCc3ccccn3)C2c2ccccc2O)S1.[I-]. The van der Waals surface area contributed by atoms with Crippen molar-refractivity contribution in [3.05, 3.63) is 65.7 Å². The molecule has 0 saturated heterocycles. The van der Waals surface area contributed by atoms with Gasteiger partial charge in [-0.2, -0.15) is 10.1 Å². The second-order valence-corrected chi connectivity index (χ2v) is 11.9. The summed E-state index contributed by atoms with van der Waals surface area (Å²) in [5, 5.41) is 24.6. The first-order valence-electron chi connectivity index (χ1n) is 11.9. The van der Waals surface area contributed by atoms with E-state index in [-0.39, 0.29) is 40.6 Å². The van der Waals surface area contributed by atoms with Crippen LogP contribution in [-0.4, -0.2) is 35.1 Å². The maximum Gasteiger partial charge on any atom is 0.387 e. The lowest BCUT2D eigenvalue weighted by Crippen LogP contribution is -3.00. The van der Waals surface area contributed by atoms with Crippen LogP contribution in [0.4, 0.5) is 5.95 Å². The van der Waals surface area contributed by atoms with Gasteiger partial charge in [-0.15, -0.1) is 0 Å². The number of aromatic nitrogens is 4. The molecule has 190 valence electrons. The predicted octanol–water partition coefficient (Wildman–Crippen LogP) is 1.77. The molecule has 1 atom stereocenters. The standard InChI is InChI=1S/C26H31N7OS.HI/c1-25(2,3)21-29-32-20(18-12-7-8-13-19(18)34)33-24(35-22(30-33)26(4,5)6)28-23(32)31(21)16-14-17-11-9-10-15-27-17;/h7-13,15,20H,14,16H2,1-6H3;1H. The van der Waals surface area contributed by atoms with E-state index < -0.39 is 6.17 Å². The zero-order valence-electron chi connectivity index (χ0n) is 21.5. The molecule has 0 spiro atoms. The van der Waals surface area contributed by atoms with E-state index >= 15 is 0 Å². The number of halogens is 1. The van der Waals surface area contributed by atoms with Crippen LogP contribution in [0.5, 0.6) is 5.75 Å². The molecule has 36 heavy (non-hydrogen) atoms. The Labute approximate surface area is 233 Å². The number of rotatable bonds is 4. The third-order valence-electron chi connectivity index (χ3n) is 5.99. The van der Waals surface area contributed by atoms with E-state index in [0.717, 1.165) is 39.7 Å². The zero-order valence-corrected chi connectivity index (χ0v) is 24.4. The van der Waals surface area contributed by atoms with Gasteiger partial charge in [0, 0.05) is 29.1 Å². The number of aromatic hydroxyl groups is 1. The number of phenolic OH excluding ortho intramolecular Hbond substituents is 1. The normalized spacial score (nSPS) is 17.2. The highest BCUT2D eigenvalue weighted by atomic mass is 127. The third-order valence-corrected chi connectivity index (χ3v) is 7.34. The summed E-state index contributed by atoms with van der Waals surface area (Å²) in [6.07, 6.45) is 2.15. The zero-order chi connectivity index (χ0) is 25.0. The number of para-hydroxylation sites is 1. The number of aryl methyl sites for hydroxylation is 1. The highest BCUT2D eigenvalue weighted by Gasteiger charge is 2.48. The Bertz CT molecular complexity index is 1320. The van der Waals surface area contributed by atoms with E-state index in [4.69, 9.17) is 15.2 Å². The molecule has 10 heteroatoms. The monoisotopic (exact) mass is 617 g/mol. The minimum Gasteiger partial charge on any atom is -1.00 e. The van der Waals surface area contributed by atoms with Crippen LogP contribution in [-0.2, 0) is 18.4 Å². The van der Waals surface area contributed by atoms with Crippen LogP contribution in [0.2, 0.25) is 0 Å². The number of phenols is 1. The van der Waals surface area contributed by atoms with Gasteiger partial charge in [0.05, 0.1) is 12.1 Å². The minimum atomic E-state index is -0.441. The average molecular weight is 618 g/mol. The maximum absolute atomic E-state index is 10.8. The second-order valence-electron chi connectivity index (χ2n) is 11.0. The Kier molecular flexibility index (Phi) is 7.22. The molecule has 8 nitrogen and oxygen atoms in total. The van der Waals surface area contributed by atoms with E-state index in [0.29, 0.717) is 6.54 Å². The maximum atomic E-state index is 10.8. The molecule has 0 saturated carbocycles. The van der Waals surface area contributed by atoms with Gasteiger partial charge < -0.3 is 29.1 Å². The molecule has 5 rings (SSSR count). The van der Waals surface area contributed by atoms with Crippen molar-refractivity contribution in [3.63, 3.8) is 0 Å². The number of hydrogen-bond acceptors (Lipinski definition) is 7. The molecule has 3 aromatic rings. The molecule has 0 bridgehead atoms. The van der Waals surface area contributed by atoms with Crippen molar-refractivity contribution < 1.29 is 33.7 Å². The van der Waals surface area contributed by atoms with Gasteiger partial charge >= 0.3 is 5.95 Å². The lowest BCUT2D eigenvalue weighted by Gasteiger charge is -2.25. The molecule has 0 radical (unpaired) electrons. The summed E-state index contributed by atoms with van der Waals surface area (Å²) in [6.45, 7) is 13.6. The number of pyridine rings is 1. The highest BCUT2D eigenvalue weighted by Crippen LogP contribution is 2.43. The first-order valence-corrected chi connectivity index (χ1v) is 12.7. The molecule has 1 unspecified atom stereocenters. The number of thioether (sulfide) groups is 1. The molecule has 2 aliphatic rings. The summed E-state index contributed by atoms with van der Waals surface area (Å²) in [6, 6.07) is 13.4. The van der Waals surface area contributed by atoms with Gasteiger partial charge in [0.25, 0.3) is 5.17 Å². The van der Waals surface area contributed by atoms with E-state index in [2.05, 4.69) is 51.1 Å².